The Hall–Kier alpha value is -3.10. The molecule has 198 valence electrons. The molecular weight excluding hydrogens is 496 g/mol. The van der Waals surface area contributed by atoms with Crippen molar-refractivity contribution in [2.24, 2.45) is 5.11 Å². The lowest BCUT2D eigenvalue weighted by Crippen LogP contribution is -2.48. The van der Waals surface area contributed by atoms with Gasteiger partial charge in [-0.05, 0) is 53.8 Å². The first-order valence-electron chi connectivity index (χ1n) is 12.5. The third kappa shape index (κ3) is 8.20. The summed E-state index contributed by atoms with van der Waals surface area (Å²) in [5.41, 5.74) is 9.69. The van der Waals surface area contributed by atoms with E-state index in [1.54, 1.807) is 24.3 Å². The second-order valence-electron chi connectivity index (χ2n) is 9.06. The van der Waals surface area contributed by atoms with Crippen LogP contribution < -0.4 is 0 Å². The molecule has 1 N–H and O–H groups in total. The van der Waals surface area contributed by atoms with Crippen molar-refractivity contribution in [1.82, 2.24) is 4.90 Å². The Kier molecular flexibility index (Phi) is 11.2. The molecule has 3 rings (SSSR count). The number of carboxylic acids is 1. The van der Waals surface area contributed by atoms with Gasteiger partial charge >= 0.3 is 5.97 Å². The van der Waals surface area contributed by atoms with Crippen LogP contribution in [0, 0.1) is 0 Å². The molecule has 0 aromatic heterocycles. The number of nitrogens with zero attached hydrogens (tertiary/aromatic N) is 4. The first-order chi connectivity index (χ1) is 18.0. The second-order valence-corrected chi connectivity index (χ2v) is 9.49. The van der Waals surface area contributed by atoms with E-state index in [1.165, 1.54) is 0 Å². The van der Waals surface area contributed by atoms with E-state index in [-0.39, 0.29) is 18.0 Å². The smallest absolute Gasteiger partial charge is 0.335 e. The van der Waals surface area contributed by atoms with Crippen molar-refractivity contribution in [1.29, 1.82) is 0 Å². The van der Waals surface area contributed by atoms with Crippen LogP contribution in [0.5, 0.6) is 0 Å². The number of benzene rings is 2. The monoisotopic (exact) mass is 528 g/mol. The molecule has 1 amide bonds. The number of rotatable bonds is 14. The van der Waals surface area contributed by atoms with Crippen molar-refractivity contribution in [3.8, 4) is 0 Å². The summed E-state index contributed by atoms with van der Waals surface area (Å²) in [5, 5.41) is 13.3. The minimum absolute atomic E-state index is 0.0473. The van der Waals surface area contributed by atoms with Crippen molar-refractivity contribution >= 4 is 23.5 Å². The van der Waals surface area contributed by atoms with Crippen molar-refractivity contribution in [2.75, 3.05) is 39.5 Å². The molecular formula is C27H33ClN4O5. The highest BCUT2D eigenvalue weighted by atomic mass is 35.5. The standard InChI is InChI=1S/C27H33ClN4O5/c28-24-10-8-23(9-11-24)27(12-2-1-3-13-27)26(35)32(15-17-37-19-18-36-16-14-30-31-29)20-21-4-6-22(7-5-21)25(33)34/h4-11H,1-3,12-20H2,(H,33,34). The zero-order chi connectivity index (χ0) is 26.5. The van der Waals surface area contributed by atoms with Gasteiger partial charge in [-0.15, -0.1) is 0 Å². The molecule has 1 saturated carbocycles. The molecule has 0 radical (unpaired) electrons. The van der Waals surface area contributed by atoms with Crippen LogP contribution in [0.25, 0.3) is 10.4 Å². The van der Waals surface area contributed by atoms with Crippen molar-refractivity contribution in [2.45, 2.75) is 44.1 Å². The Morgan fingerprint density at radius 3 is 2.24 bits per heavy atom. The summed E-state index contributed by atoms with van der Waals surface area (Å²) in [6, 6.07) is 14.2. The van der Waals surface area contributed by atoms with Crippen LogP contribution in [-0.2, 0) is 26.2 Å². The average Bonchev–Trinajstić information content (AvgIpc) is 2.92. The quantitative estimate of drug-likeness (QED) is 0.147. The van der Waals surface area contributed by atoms with Gasteiger partial charge in [-0.1, -0.05) is 60.2 Å². The lowest BCUT2D eigenvalue weighted by molar-refractivity contribution is -0.140. The number of hydrogen-bond donors (Lipinski definition) is 1. The first kappa shape index (κ1) is 28.5. The summed E-state index contributed by atoms with van der Waals surface area (Å²) >= 11 is 6.14. The molecule has 1 aliphatic carbocycles. The number of halogens is 1. The topological polar surface area (TPSA) is 125 Å². The molecule has 0 unspecified atom stereocenters. The predicted molar refractivity (Wildman–Crippen MR) is 141 cm³/mol. The predicted octanol–water partition coefficient (Wildman–Crippen LogP) is 5.61. The highest BCUT2D eigenvalue weighted by Gasteiger charge is 2.43. The summed E-state index contributed by atoms with van der Waals surface area (Å²) in [7, 11) is 0. The molecule has 2 aromatic carbocycles. The number of ether oxygens (including phenoxy) is 2. The van der Waals surface area contributed by atoms with Crippen LogP contribution in [0.3, 0.4) is 0 Å². The van der Waals surface area contributed by atoms with E-state index in [1.807, 2.05) is 29.2 Å². The van der Waals surface area contributed by atoms with Gasteiger partial charge in [-0.2, -0.15) is 0 Å². The molecule has 10 heteroatoms. The first-order valence-corrected chi connectivity index (χ1v) is 12.9. The SMILES string of the molecule is [N-]=[N+]=NCCOCCOCCN(Cc1ccc(C(=O)O)cc1)C(=O)C1(c2ccc(Cl)cc2)CCCCC1. The van der Waals surface area contributed by atoms with Crippen molar-refractivity contribution < 1.29 is 24.2 Å². The van der Waals surface area contributed by atoms with Gasteiger partial charge in [-0.25, -0.2) is 4.79 Å². The lowest BCUT2D eigenvalue weighted by Gasteiger charge is -2.40. The van der Waals surface area contributed by atoms with Gasteiger partial charge in [0.1, 0.15) is 0 Å². The van der Waals surface area contributed by atoms with Crippen LogP contribution in [0.2, 0.25) is 5.02 Å². The van der Waals surface area contributed by atoms with E-state index in [2.05, 4.69) is 10.0 Å². The Labute approximate surface area is 221 Å². The molecule has 0 heterocycles. The van der Waals surface area contributed by atoms with E-state index in [9.17, 15) is 14.7 Å². The number of carbonyl (C=O) groups is 2. The second kappa shape index (κ2) is 14.6. The van der Waals surface area contributed by atoms with Crippen LogP contribution in [-0.4, -0.2) is 61.4 Å². The highest BCUT2D eigenvalue weighted by molar-refractivity contribution is 6.30. The fourth-order valence-electron chi connectivity index (χ4n) is 4.73. The third-order valence-electron chi connectivity index (χ3n) is 6.65. The maximum atomic E-state index is 14.2. The molecule has 0 spiro atoms. The number of azide groups is 1. The van der Waals surface area contributed by atoms with Crippen molar-refractivity contribution in [3.05, 3.63) is 80.7 Å². The molecule has 1 fully saturated rings. The summed E-state index contributed by atoms with van der Waals surface area (Å²) in [5.74, 6) is -0.940. The van der Waals surface area contributed by atoms with Crippen LogP contribution in [0.4, 0.5) is 0 Å². The van der Waals surface area contributed by atoms with Gasteiger partial charge in [-0.3, -0.25) is 4.79 Å². The largest absolute Gasteiger partial charge is 0.478 e. The fourth-order valence-corrected chi connectivity index (χ4v) is 4.85. The Morgan fingerprint density at radius 1 is 0.973 bits per heavy atom. The van der Waals surface area contributed by atoms with Gasteiger partial charge < -0.3 is 19.5 Å². The molecule has 37 heavy (non-hydrogen) atoms. The molecule has 0 aliphatic heterocycles. The summed E-state index contributed by atoms with van der Waals surface area (Å²) in [4.78, 5) is 30.0. The van der Waals surface area contributed by atoms with E-state index in [0.29, 0.717) is 44.5 Å². The van der Waals surface area contributed by atoms with Crippen molar-refractivity contribution in [3.63, 3.8) is 0 Å². The Balaban J connectivity index is 1.73. The van der Waals surface area contributed by atoms with E-state index in [4.69, 9.17) is 26.6 Å². The average molecular weight is 529 g/mol. The Morgan fingerprint density at radius 2 is 1.62 bits per heavy atom. The molecule has 0 bridgehead atoms. The number of carbonyl (C=O) groups excluding carboxylic acids is 1. The van der Waals surface area contributed by atoms with Gasteiger partial charge in [0.15, 0.2) is 0 Å². The lowest BCUT2D eigenvalue weighted by atomic mass is 9.68. The van der Waals surface area contributed by atoms with Crippen LogP contribution in [0.15, 0.2) is 53.6 Å². The zero-order valence-electron chi connectivity index (χ0n) is 20.9. The van der Waals surface area contributed by atoms with Gasteiger partial charge in [0.25, 0.3) is 0 Å². The molecule has 1 aliphatic rings. The number of aromatic carboxylic acids is 1. The van der Waals surface area contributed by atoms with E-state index >= 15 is 0 Å². The van der Waals surface area contributed by atoms with E-state index in [0.717, 1.165) is 43.2 Å². The van der Waals surface area contributed by atoms with Crippen LogP contribution in [0.1, 0.15) is 53.6 Å². The highest BCUT2D eigenvalue weighted by Crippen LogP contribution is 2.41. The number of carboxylic acid groups (broad SMARTS) is 1. The minimum Gasteiger partial charge on any atom is -0.478 e. The fraction of sp³-hybridized carbons (Fsp3) is 0.481. The summed E-state index contributed by atoms with van der Waals surface area (Å²) < 4.78 is 11.1. The minimum atomic E-state index is -0.988. The van der Waals surface area contributed by atoms with E-state index < -0.39 is 11.4 Å². The molecule has 9 nitrogen and oxygen atoms in total. The maximum Gasteiger partial charge on any atom is 0.335 e. The zero-order valence-corrected chi connectivity index (χ0v) is 21.6. The normalized spacial score (nSPS) is 14.5. The van der Waals surface area contributed by atoms with Gasteiger partial charge in [0.2, 0.25) is 5.91 Å². The third-order valence-corrected chi connectivity index (χ3v) is 6.90. The van der Waals surface area contributed by atoms with Gasteiger partial charge in [0.05, 0.1) is 37.4 Å². The van der Waals surface area contributed by atoms with Gasteiger partial charge in [0, 0.05) is 29.6 Å². The summed E-state index contributed by atoms with van der Waals surface area (Å²) in [6.45, 7) is 2.37. The molecule has 0 saturated heterocycles. The number of amides is 1. The maximum absolute atomic E-state index is 14.2. The molecule has 2 aromatic rings. The number of hydrogen-bond acceptors (Lipinski definition) is 5. The van der Waals surface area contributed by atoms with Crippen LogP contribution >= 0.6 is 11.6 Å². The Bertz CT molecular complexity index is 1070. The molecule has 0 atom stereocenters. The summed E-state index contributed by atoms with van der Waals surface area (Å²) in [6.07, 6.45) is 4.57.